The van der Waals surface area contributed by atoms with Crippen LogP contribution in [0, 0.1) is 0 Å². The molecule has 4 N–H and O–H groups in total. The topological polar surface area (TPSA) is 131 Å². The summed E-state index contributed by atoms with van der Waals surface area (Å²) in [5.74, 6) is -0.253. The number of aromatic nitrogens is 1. The Balaban J connectivity index is 2.88. The molecule has 10 heteroatoms. The number of nitrogens with one attached hydrogen (secondary N) is 2. The Morgan fingerprint density at radius 1 is 1.32 bits per heavy atom. The molecule has 0 amide bonds. The highest BCUT2D eigenvalue weighted by Crippen LogP contribution is 2.17. The van der Waals surface area contributed by atoms with Crippen LogP contribution in [-0.2, 0) is 20.0 Å². The summed E-state index contributed by atoms with van der Waals surface area (Å²) in [5.41, 5.74) is 0. The highest BCUT2D eigenvalue weighted by atomic mass is 32.2. The molecule has 0 aliphatic rings. The summed E-state index contributed by atoms with van der Waals surface area (Å²) in [7, 11) is -7.54. The maximum absolute atomic E-state index is 12.0. The zero-order chi connectivity index (χ0) is 14.5. The molecule has 0 spiro atoms. The fourth-order valence-electron chi connectivity index (χ4n) is 1.30. The maximum atomic E-state index is 12.0. The SMILES string of the molecule is CCNc1ncccc1S(=O)(=O)NCCS(N)(=O)=O. The van der Waals surface area contributed by atoms with E-state index in [1.165, 1.54) is 18.3 Å². The molecule has 8 nitrogen and oxygen atoms in total. The molecule has 0 fully saturated rings. The van der Waals surface area contributed by atoms with Crippen LogP contribution in [0.15, 0.2) is 23.2 Å². The molecule has 1 aromatic rings. The van der Waals surface area contributed by atoms with E-state index < -0.39 is 25.8 Å². The van der Waals surface area contributed by atoms with Crippen molar-refractivity contribution in [3.05, 3.63) is 18.3 Å². The van der Waals surface area contributed by atoms with Gasteiger partial charge in [0.2, 0.25) is 20.0 Å². The zero-order valence-electron chi connectivity index (χ0n) is 10.3. The van der Waals surface area contributed by atoms with Gasteiger partial charge in [0.25, 0.3) is 0 Å². The number of sulfonamides is 2. The quantitative estimate of drug-likeness (QED) is 0.597. The van der Waals surface area contributed by atoms with E-state index in [0.717, 1.165) is 0 Å². The Morgan fingerprint density at radius 3 is 2.58 bits per heavy atom. The predicted octanol–water partition coefficient (Wildman–Crippen LogP) is -0.920. The van der Waals surface area contributed by atoms with Gasteiger partial charge in [-0.3, -0.25) is 0 Å². The minimum absolute atomic E-state index is 0.0359. The first kappa shape index (κ1) is 15.8. The van der Waals surface area contributed by atoms with Crippen LogP contribution in [0.1, 0.15) is 6.92 Å². The van der Waals surface area contributed by atoms with Gasteiger partial charge in [-0.2, -0.15) is 0 Å². The molecule has 1 heterocycles. The molecule has 1 aromatic heterocycles. The second-order valence-corrected chi connectivity index (χ2v) is 7.11. The van der Waals surface area contributed by atoms with Gasteiger partial charge in [0, 0.05) is 19.3 Å². The van der Waals surface area contributed by atoms with Gasteiger partial charge >= 0.3 is 0 Å². The monoisotopic (exact) mass is 308 g/mol. The Morgan fingerprint density at radius 2 is 2.00 bits per heavy atom. The molecule has 0 unspecified atom stereocenters. The largest absolute Gasteiger partial charge is 0.369 e. The first-order chi connectivity index (χ1) is 8.76. The maximum Gasteiger partial charge on any atom is 0.244 e. The number of hydrogen-bond acceptors (Lipinski definition) is 6. The van der Waals surface area contributed by atoms with Crippen molar-refractivity contribution in [2.75, 3.05) is 24.2 Å². The van der Waals surface area contributed by atoms with E-state index in [9.17, 15) is 16.8 Å². The third kappa shape index (κ3) is 5.11. The average Bonchev–Trinajstić information content (AvgIpc) is 2.28. The number of nitrogens with two attached hydrogens (primary N) is 1. The van der Waals surface area contributed by atoms with Crippen molar-refractivity contribution in [2.24, 2.45) is 5.14 Å². The lowest BCUT2D eigenvalue weighted by atomic mass is 10.4. The highest BCUT2D eigenvalue weighted by molar-refractivity contribution is 7.90. The standard InChI is InChI=1S/C9H16N4O4S2/c1-2-11-9-8(4-3-5-12-9)19(16,17)13-6-7-18(10,14)15/h3-5,13H,2,6-7H2,1H3,(H,11,12)(H2,10,14,15). The second kappa shape index (κ2) is 6.28. The van der Waals surface area contributed by atoms with Crippen molar-refractivity contribution < 1.29 is 16.8 Å². The van der Waals surface area contributed by atoms with Gasteiger partial charge < -0.3 is 5.32 Å². The smallest absolute Gasteiger partial charge is 0.244 e. The second-order valence-electron chi connectivity index (χ2n) is 3.65. The van der Waals surface area contributed by atoms with Crippen LogP contribution in [-0.4, -0.2) is 40.7 Å². The predicted molar refractivity (Wildman–Crippen MR) is 71.6 cm³/mol. The average molecular weight is 308 g/mol. The Bertz CT molecular complexity index is 627. The van der Waals surface area contributed by atoms with Crippen molar-refractivity contribution >= 4 is 25.9 Å². The molecule has 0 saturated carbocycles. The lowest BCUT2D eigenvalue weighted by Crippen LogP contribution is -2.32. The van der Waals surface area contributed by atoms with Gasteiger partial charge in [-0.25, -0.2) is 31.7 Å². The van der Waals surface area contributed by atoms with E-state index in [2.05, 4.69) is 15.0 Å². The number of nitrogens with zero attached hydrogens (tertiary/aromatic N) is 1. The molecule has 0 aliphatic heterocycles. The molecule has 0 aliphatic carbocycles. The van der Waals surface area contributed by atoms with Crippen molar-refractivity contribution in [2.45, 2.75) is 11.8 Å². The summed E-state index contributed by atoms with van der Waals surface area (Å²) in [6.07, 6.45) is 1.46. The van der Waals surface area contributed by atoms with Crippen molar-refractivity contribution in [3.8, 4) is 0 Å². The molecule has 0 bridgehead atoms. The van der Waals surface area contributed by atoms with E-state index in [1.807, 2.05) is 0 Å². The molecule has 0 radical (unpaired) electrons. The Hall–Kier alpha value is -1.23. The van der Waals surface area contributed by atoms with E-state index in [1.54, 1.807) is 6.92 Å². The van der Waals surface area contributed by atoms with Gasteiger partial charge in [-0.15, -0.1) is 0 Å². The van der Waals surface area contributed by atoms with Crippen LogP contribution in [0.5, 0.6) is 0 Å². The van der Waals surface area contributed by atoms with Crippen LogP contribution >= 0.6 is 0 Å². The lowest BCUT2D eigenvalue weighted by Gasteiger charge is -2.10. The molecule has 0 atom stereocenters. The molecular formula is C9H16N4O4S2. The summed E-state index contributed by atoms with van der Waals surface area (Å²) < 4.78 is 47.6. The van der Waals surface area contributed by atoms with E-state index in [0.29, 0.717) is 6.54 Å². The van der Waals surface area contributed by atoms with Crippen LogP contribution in [0.25, 0.3) is 0 Å². The highest BCUT2D eigenvalue weighted by Gasteiger charge is 2.19. The van der Waals surface area contributed by atoms with Crippen molar-refractivity contribution in [3.63, 3.8) is 0 Å². The summed E-state index contributed by atoms with van der Waals surface area (Å²) >= 11 is 0. The van der Waals surface area contributed by atoms with Gasteiger partial charge in [0.15, 0.2) is 0 Å². The van der Waals surface area contributed by atoms with Gasteiger partial charge in [0.05, 0.1) is 5.75 Å². The molecule has 1 rings (SSSR count). The molecule has 0 saturated heterocycles. The third-order valence-corrected chi connectivity index (χ3v) is 4.35. The van der Waals surface area contributed by atoms with E-state index in [-0.39, 0.29) is 17.3 Å². The van der Waals surface area contributed by atoms with Crippen LogP contribution in [0.4, 0.5) is 5.82 Å². The van der Waals surface area contributed by atoms with E-state index >= 15 is 0 Å². The van der Waals surface area contributed by atoms with E-state index in [4.69, 9.17) is 5.14 Å². The first-order valence-electron chi connectivity index (χ1n) is 5.45. The fraction of sp³-hybridized carbons (Fsp3) is 0.444. The fourth-order valence-corrected chi connectivity index (χ4v) is 2.98. The van der Waals surface area contributed by atoms with Crippen LogP contribution < -0.4 is 15.2 Å². The minimum Gasteiger partial charge on any atom is -0.369 e. The van der Waals surface area contributed by atoms with Gasteiger partial charge in [0.1, 0.15) is 10.7 Å². The lowest BCUT2D eigenvalue weighted by molar-refractivity contribution is 0.581. The Labute approximate surface area is 112 Å². The Kier molecular flexibility index (Phi) is 5.23. The number of anilines is 1. The van der Waals surface area contributed by atoms with Crippen LogP contribution in [0.2, 0.25) is 0 Å². The number of hydrogen-bond donors (Lipinski definition) is 3. The first-order valence-corrected chi connectivity index (χ1v) is 8.65. The number of rotatable bonds is 7. The zero-order valence-corrected chi connectivity index (χ0v) is 12.0. The summed E-state index contributed by atoms with van der Waals surface area (Å²) in [6.45, 7) is 2.03. The molecular weight excluding hydrogens is 292 g/mol. The van der Waals surface area contributed by atoms with Gasteiger partial charge in [-0.05, 0) is 19.1 Å². The summed E-state index contributed by atoms with van der Waals surface area (Å²) in [6, 6.07) is 2.86. The normalized spacial score (nSPS) is 12.3. The van der Waals surface area contributed by atoms with Crippen molar-refractivity contribution in [1.29, 1.82) is 0 Å². The minimum atomic E-state index is -3.83. The molecule has 19 heavy (non-hydrogen) atoms. The molecule has 0 aromatic carbocycles. The van der Waals surface area contributed by atoms with Gasteiger partial charge in [-0.1, -0.05) is 0 Å². The number of primary sulfonamides is 1. The van der Waals surface area contributed by atoms with Crippen LogP contribution in [0.3, 0.4) is 0 Å². The molecule has 108 valence electrons. The van der Waals surface area contributed by atoms with Crippen molar-refractivity contribution in [1.82, 2.24) is 9.71 Å². The third-order valence-electron chi connectivity index (χ3n) is 2.08. The summed E-state index contributed by atoms with van der Waals surface area (Å²) in [5, 5.41) is 7.61. The summed E-state index contributed by atoms with van der Waals surface area (Å²) in [4.78, 5) is 3.88. The number of pyridine rings is 1.